The number of aliphatic carboxylic acids is 1. The molecule has 0 bridgehead atoms. The molecular weight excluding hydrogens is 272 g/mol. The highest BCUT2D eigenvalue weighted by atomic mass is 16.5. The number of carboxylic acid groups (broad SMARTS) is 1. The number of carbonyl (C=O) groups excluding carboxylic acids is 1. The average Bonchev–Trinajstić information content (AvgIpc) is 2.50. The van der Waals surface area contributed by atoms with Gasteiger partial charge < -0.3 is 20.5 Å². The lowest BCUT2D eigenvalue weighted by atomic mass is 9.94. The molecule has 2 rings (SSSR count). The van der Waals surface area contributed by atoms with Crippen LogP contribution in [0.5, 0.6) is 0 Å². The molecule has 2 unspecified atom stereocenters. The number of carbonyl (C=O) groups is 2. The number of rotatable bonds is 6. The van der Waals surface area contributed by atoms with Gasteiger partial charge in [0, 0.05) is 20.2 Å². The Morgan fingerprint density at radius 2 is 2.24 bits per heavy atom. The highest BCUT2D eigenvalue weighted by molar-refractivity contribution is 5.84. The fourth-order valence-corrected chi connectivity index (χ4v) is 2.49. The molecule has 0 aliphatic carbocycles. The zero-order chi connectivity index (χ0) is 15.2. The van der Waals surface area contributed by atoms with Crippen LogP contribution in [0.4, 0.5) is 0 Å². The molecule has 0 saturated carbocycles. The molecule has 114 valence electrons. The Hall–Kier alpha value is -1.92. The van der Waals surface area contributed by atoms with Crippen LogP contribution in [-0.2, 0) is 20.7 Å². The largest absolute Gasteiger partial charge is 0.481 e. The van der Waals surface area contributed by atoms with Gasteiger partial charge in [-0.05, 0) is 17.5 Å². The first-order valence-corrected chi connectivity index (χ1v) is 6.95. The first-order chi connectivity index (χ1) is 10.1. The fraction of sp³-hybridized carbons (Fsp3) is 0.467. The lowest BCUT2D eigenvalue weighted by Crippen LogP contribution is -2.44. The van der Waals surface area contributed by atoms with E-state index in [0.29, 0.717) is 0 Å². The maximum absolute atomic E-state index is 12.3. The Morgan fingerprint density at radius 1 is 1.48 bits per heavy atom. The van der Waals surface area contributed by atoms with Crippen molar-refractivity contribution in [2.45, 2.75) is 25.0 Å². The van der Waals surface area contributed by atoms with E-state index >= 15 is 0 Å². The van der Waals surface area contributed by atoms with Crippen molar-refractivity contribution in [3.8, 4) is 0 Å². The van der Waals surface area contributed by atoms with E-state index in [2.05, 4.69) is 10.6 Å². The van der Waals surface area contributed by atoms with E-state index < -0.39 is 18.1 Å². The van der Waals surface area contributed by atoms with Gasteiger partial charge in [-0.3, -0.25) is 9.59 Å². The van der Waals surface area contributed by atoms with Crippen LogP contribution in [0.2, 0.25) is 0 Å². The van der Waals surface area contributed by atoms with Gasteiger partial charge in [0.2, 0.25) is 5.91 Å². The van der Waals surface area contributed by atoms with Gasteiger partial charge in [-0.25, -0.2) is 0 Å². The van der Waals surface area contributed by atoms with Crippen LogP contribution >= 0.6 is 0 Å². The first kappa shape index (κ1) is 15.5. The molecule has 0 spiro atoms. The van der Waals surface area contributed by atoms with Crippen molar-refractivity contribution in [3.63, 3.8) is 0 Å². The minimum absolute atomic E-state index is 0.133. The van der Waals surface area contributed by atoms with Crippen molar-refractivity contribution in [2.75, 3.05) is 20.2 Å². The number of nitrogens with one attached hydrogen (secondary N) is 2. The molecule has 6 nitrogen and oxygen atoms in total. The fourth-order valence-electron chi connectivity index (χ4n) is 2.49. The number of hydrogen-bond acceptors (Lipinski definition) is 4. The molecule has 1 aliphatic rings. The number of amides is 1. The van der Waals surface area contributed by atoms with Crippen LogP contribution in [0.15, 0.2) is 24.3 Å². The minimum atomic E-state index is -0.947. The molecule has 0 aromatic heterocycles. The highest BCUT2D eigenvalue weighted by Gasteiger charge is 2.26. The third-order valence-electron chi connectivity index (χ3n) is 3.61. The number of fused-ring (bicyclic) bond motifs is 1. The first-order valence-electron chi connectivity index (χ1n) is 6.95. The van der Waals surface area contributed by atoms with Crippen molar-refractivity contribution < 1.29 is 19.4 Å². The zero-order valence-corrected chi connectivity index (χ0v) is 12.0. The lowest BCUT2D eigenvalue weighted by Gasteiger charge is -2.26. The second-order valence-corrected chi connectivity index (χ2v) is 5.04. The van der Waals surface area contributed by atoms with Crippen LogP contribution in [0.1, 0.15) is 23.6 Å². The Kier molecular flexibility index (Phi) is 5.30. The van der Waals surface area contributed by atoms with E-state index in [1.165, 1.54) is 12.7 Å². The van der Waals surface area contributed by atoms with E-state index in [9.17, 15) is 9.59 Å². The van der Waals surface area contributed by atoms with E-state index in [4.69, 9.17) is 9.84 Å². The molecule has 1 aliphatic heterocycles. The molecule has 1 aromatic carbocycles. The van der Waals surface area contributed by atoms with Crippen LogP contribution in [0.25, 0.3) is 0 Å². The smallest absolute Gasteiger partial charge is 0.306 e. The van der Waals surface area contributed by atoms with Crippen LogP contribution in [0, 0.1) is 0 Å². The standard InChI is InChI=1S/C15H20N2O4/c1-21-11(8-13(18)19)9-17-15(20)14-12-5-3-2-4-10(12)6-7-16-14/h2-5,11,14,16H,6-9H2,1H3,(H,17,20)(H,18,19). The number of benzene rings is 1. The topological polar surface area (TPSA) is 87.7 Å². The molecule has 6 heteroatoms. The van der Waals surface area contributed by atoms with E-state index in [1.54, 1.807) is 0 Å². The average molecular weight is 292 g/mol. The number of carboxylic acids is 1. The van der Waals surface area contributed by atoms with Gasteiger partial charge in [0.05, 0.1) is 12.5 Å². The highest BCUT2D eigenvalue weighted by Crippen LogP contribution is 2.22. The predicted octanol–water partition coefficient (Wildman–Crippen LogP) is 0.479. The summed E-state index contributed by atoms with van der Waals surface area (Å²) < 4.78 is 5.05. The van der Waals surface area contributed by atoms with Crippen LogP contribution in [-0.4, -0.2) is 43.3 Å². The van der Waals surface area contributed by atoms with E-state index in [1.807, 2.05) is 24.3 Å². The second kappa shape index (κ2) is 7.19. The number of ether oxygens (including phenoxy) is 1. The van der Waals surface area contributed by atoms with Crippen molar-refractivity contribution in [1.82, 2.24) is 10.6 Å². The third-order valence-corrected chi connectivity index (χ3v) is 3.61. The van der Waals surface area contributed by atoms with Crippen LogP contribution in [0.3, 0.4) is 0 Å². The molecule has 2 atom stereocenters. The Labute approximate surface area is 123 Å². The predicted molar refractivity (Wildman–Crippen MR) is 76.9 cm³/mol. The van der Waals surface area contributed by atoms with Gasteiger partial charge in [-0.1, -0.05) is 24.3 Å². The van der Waals surface area contributed by atoms with E-state index in [-0.39, 0.29) is 18.9 Å². The molecular formula is C15H20N2O4. The number of methoxy groups -OCH3 is 1. The Morgan fingerprint density at radius 3 is 2.95 bits per heavy atom. The van der Waals surface area contributed by atoms with Gasteiger partial charge in [0.15, 0.2) is 0 Å². The molecule has 21 heavy (non-hydrogen) atoms. The summed E-state index contributed by atoms with van der Waals surface area (Å²) in [6, 6.07) is 7.45. The summed E-state index contributed by atoms with van der Waals surface area (Å²) in [5, 5.41) is 14.7. The quantitative estimate of drug-likeness (QED) is 0.710. The summed E-state index contributed by atoms with van der Waals surface area (Å²) in [6.45, 7) is 0.930. The maximum atomic E-state index is 12.3. The van der Waals surface area contributed by atoms with Crippen molar-refractivity contribution in [2.24, 2.45) is 0 Å². The summed E-state index contributed by atoms with van der Waals surface area (Å²) in [4.78, 5) is 23.0. The summed E-state index contributed by atoms with van der Waals surface area (Å²) >= 11 is 0. The Balaban J connectivity index is 1.97. The van der Waals surface area contributed by atoms with Crippen molar-refractivity contribution in [3.05, 3.63) is 35.4 Å². The zero-order valence-electron chi connectivity index (χ0n) is 12.0. The maximum Gasteiger partial charge on any atom is 0.306 e. The lowest BCUT2D eigenvalue weighted by molar-refractivity contribution is -0.140. The Bertz CT molecular complexity index is 518. The third kappa shape index (κ3) is 4.03. The molecule has 0 saturated heterocycles. The van der Waals surface area contributed by atoms with Gasteiger partial charge in [0.25, 0.3) is 0 Å². The normalized spacial score (nSPS) is 18.6. The van der Waals surface area contributed by atoms with Gasteiger partial charge in [-0.2, -0.15) is 0 Å². The SMILES string of the molecule is COC(CNC(=O)C1NCCc2ccccc21)CC(=O)O. The minimum Gasteiger partial charge on any atom is -0.481 e. The summed E-state index contributed by atoms with van der Waals surface area (Å²) in [7, 11) is 1.44. The molecule has 1 aromatic rings. The summed E-state index contributed by atoms with van der Waals surface area (Å²) in [5.41, 5.74) is 2.15. The monoisotopic (exact) mass is 292 g/mol. The summed E-state index contributed by atoms with van der Waals surface area (Å²) in [5.74, 6) is -1.10. The molecule has 3 N–H and O–H groups in total. The van der Waals surface area contributed by atoms with Crippen LogP contribution < -0.4 is 10.6 Å². The number of hydrogen-bond donors (Lipinski definition) is 3. The second-order valence-electron chi connectivity index (χ2n) is 5.04. The summed E-state index contributed by atoms with van der Waals surface area (Å²) in [6.07, 6.45) is 0.246. The van der Waals surface area contributed by atoms with Crippen molar-refractivity contribution >= 4 is 11.9 Å². The van der Waals surface area contributed by atoms with Crippen molar-refractivity contribution in [1.29, 1.82) is 0 Å². The van der Waals surface area contributed by atoms with Gasteiger partial charge in [0.1, 0.15) is 6.04 Å². The van der Waals surface area contributed by atoms with E-state index in [0.717, 1.165) is 18.5 Å². The molecule has 0 fully saturated rings. The van der Waals surface area contributed by atoms with Gasteiger partial charge in [-0.15, -0.1) is 0 Å². The van der Waals surface area contributed by atoms with Gasteiger partial charge >= 0.3 is 5.97 Å². The molecule has 0 radical (unpaired) electrons. The molecule has 1 amide bonds. The molecule has 1 heterocycles.